The zero-order valence-corrected chi connectivity index (χ0v) is 11.0. The molecule has 0 bridgehead atoms. The summed E-state index contributed by atoms with van der Waals surface area (Å²) in [5, 5.41) is 9.50. The highest BCUT2D eigenvalue weighted by Crippen LogP contribution is 2.17. The summed E-state index contributed by atoms with van der Waals surface area (Å²) in [6.07, 6.45) is 0.873. The van der Waals surface area contributed by atoms with E-state index >= 15 is 0 Å². The maximum atomic E-state index is 9.50. The second kappa shape index (κ2) is 5.69. The van der Waals surface area contributed by atoms with Gasteiger partial charge in [-0.1, -0.05) is 36.4 Å². The molecule has 0 atom stereocenters. The van der Waals surface area contributed by atoms with E-state index in [0.717, 1.165) is 18.5 Å². The van der Waals surface area contributed by atoms with Crippen LogP contribution in [0, 0.1) is 0 Å². The number of phenolic OH excluding ortho intramolecular Hbond substituents is 1. The van der Waals surface area contributed by atoms with E-state index in [1.807, 2.05) is 12.1 Å². The van der Waals surface area contributed by atoms with Gasteiger partial charge in [0.2, 0.25) is 0 Å². The maximum absolute atomic E-state index is 9.50. The van der Waals surface area contributed by atoms with Crippen LogP contribution in [-0.2, 0) is 13.0 Å². The Hall–Kier alpha value is -1.80. The quantitative estimate of drug-likeness (QED) is 0.837. The van der Waals surface area contributed by atoms with Crippen molar-refractivity contribution in [2.75, 3.05) is 14.1 Å². The van der Waals surface area contributed by atoms with E-state index in [9.17, 15) is 5.11 Å². The van der Waals surface area contributed by atoms with Crippen LogP contribution in [0.4, 0.5) is 0 Å². The summed E-state index contributed by atoms with van der Waals surface area (Å²) in [4.78, 5) is 1.42. The van der Waals surface area contributed by atoms with Crippen LogP contribution in [0.25, 0.3) is 0 Å². The lowest BCUT2D eigenvalue weighted by molar-refractivity contribution is -0.872. The summed E-state index contributed by atoms with van der Waals surface area (Å²) in [7, 11) is 4.32. The van der Waals surface area contributed by atoms with Crippen LogP contribution in [0.5, 0.6) is 5.75 Å². The fourth-order valence-electron chi connectivity index (χ4n) is 2.17. The van der Waals surface area contributed by atoms with Crippen LogP contribution in [0.3, 0.4) is 0 Å². The fourth-order valence-corrected chi connectivity index (χ4v) is 2.17. The minimum Gasteiger partial charge on any atom is -0.508 e. The predicted octanol–water partition coefficient (Wildman–Crippen LogP) is 1.63. The van der Waals surface area contributed by atoms with E-state index in [0.29, 0.717) is 5.75 Å². The molecule has 0 unspecified atom stereocenters. The van der Waals surface area contributed by atoms with E-state index in [4.69, 9.17) is 0 Å². The molecular formula is C16H20NO+. The normalized spacial score (nSPS) is 10.8. The number of quaternary nitrogens is 1. The molecule has 2 heteroatoms. The van der Waals surface area contributed by atoms with Crippen LogP contribution in [0.2, 0.25) is 0 Å². The molecule has 0 saturated heterocycles. The van der Waals surface area contributed by atoms with Crippen LogP contribution < -0.4 is 4.90 Å². The minimum atomic E-state index is 0.336. The Bertz CT molecular complexity index is 520. The van der Waals surface area contributed by atoms with Crippen molar-refractivity contribution in [1.82, 2.24) is 0 Å². The molecule has 2 aromatic carbocycles. The smallest absolute Gasteiger partial charge is 0.115 e. The highest BCUT2D eigenvalue weighted by Gasteiger charge is 2.06. The number of hydrogen-bond donors (Lipinski definition) is 2. The van der Waals surface area contributed by atoms with Gasteiger partial charge < -0.3 is 10.0 Å². The third kappa shape index (κ3) is 3.34. The monoisotopic (exact) mass is 242 g/mol. The van der Waals surface area contributed by atoms with Crippen molar-refractivity contribution >= 4 is 0 Å². The maximum Gasteiger partial charge on any atom is 0.115 e. The zero-order valence-electron chi connectivity index (χ0n) is 11.0. The molecular weight excluding hydrogens is 222 g/mol. The van der Waals surface area contributed by atoms with Crippen LogP contribution in [0.1, 0.15) is 16.7 Å². The average molecular weight is 242 g/mol. The van der Waals surface area contributed by atoms with Crippen molar-refractivity contribution < 1.29 is 10.0 Å². The Labute approximate surface area is 109 Å². The van der Waals surface area contributed by atoms with Crippen molar-refractivity contribution in [3.05, 3.63) is 65.2 Å². The molecule has 2 rings (SSSR count). The van der Waals surface area contributed by atoms with Gasteiger partial charge in [-0.3, -0.25) is 0 Å². The standard InChI is InChI=1S/C16H19NO/c1-17(2)12-15-8-4-3-7-14(15)10-13-6-5-9-16(18)11-13/h3-9,11,18H,10,12H2,1-2H3/p+1. The van der Waals surface area contributed by atoms with Gasteiger partial charge in [0, 0.05) is 5.56 Å². The van der Waals surface area contributed by atoms with Gasteiger partial charge in [0.1, 0.15) is 12.3 Å². The van der Waals surface area contributed by atoms with E-state index in [2.05, 4.69) is 44.4 Å². The van der Waals surface area contributed by atoms with Crippen molar-refractivity contribution in [2.45, 2.75) is 13.0 Å². The first-order valence-electron chi connectivity index (χ1n) is 6.29. The molecule has 0 spiro atoms. The Morgan fingerprint density at radius 1 is 0.944 bits per heavy atom. The lowest BCUT2D eigenvalue weighted by Gasteiger charge is -2.12. The van der Waals surface area contributed by atoms with E-state index < -0.39 is 0 Å². The molecule has 2 nitrogen and oxygen atoms in total. The topological polar surface area (TPSA) is 24.7 Å². The third-order valence-corrected chi connectivity index (χ3v) is 2.97. The van der Waals surface area contributed by atoms with Gasteiger partial charge in [-0.2, -0.15) is 0 Å². The van der Waals surface area contributed by atoms with Gasteiger partial charge >= 0.3 is 0 Å². The van der Waals surface area contributed by atoms with Gasteiger partial charge in [0.15, 0.2) is 0 Å². The van der Waals surface area contributed by atoms with Crippen LogP contribution >= 0.6 is 0 Å². The molecule has 0 amide bonds. The number of rotatable bonds is 4. The van der Waals surface area contributed by atoms with Gasteiger partial charge in [-0.25, -0.2) is 0 Å². The number of aromatic hydroxyl groups is 1. The lowest BCUT2D eigenvalue weighted by Crippen LogP contribution is -3.04. The Morgan fingerprint density at radius 3 is 2.33 bits per heavy atom. The highest BCUT2D eigenvalue weighted by atomic mass is 16.3. The van der Waals surface area contributed by atoms with Crippen molar-refractivity contribution in [3.8, 4) is 5.75 Å². The Kier molecular flexibility index (Phi) is 4.00. The lowest BCUT2D eigenvalue weighted by atomic mass is 9.99. The van der Waals surface area contributed by atoms with Gasteiger partial charge in [0.25, 0.3) is 0 Å². The average Bonchev–Trinajstić information content (AvgIpc) is 2.31. The molecule has 0 aliphatic carbocycles. The fraction of sp³-hybridized carbons (Fsp3) is 0.250. The van der Waals surface area contributed by atoms with E-state index in [1.54, 1.807) is 6.07 Å². The molecule has 0 heterocycles. The van der Waals surface area contributed by atoms with Crippen molar-refractivity contribution in [3.63, 3.8) is 0 Å². The van der Waals surface area contributed by atoms with Gasteiger partial charge in [-0.15, -0.1) is 0 Å². The SMILES string of the molecule is C[NH+](C)Cc1ccccc1Cc1cccc(O)c1. The largest absolute Gasteiger partial charge is 0.508 e. The molecule has 0 aliphatic heterocycles. The summed E-state index contributed by atoms with van der Waals surface area (Å²) in [6.45, 7) is 1.02. The molecule has 0 fully saturated rings. The molecule has 0 radical (unpaired) electrons. The van der Waals surface area contributed by atoms with Crippen LogP contribution in [0.15, 0.2) is 48.5 Å². The second-order valence-corrected chi connectivity index (χ2v) is 5.00. The number of phenols is 1. The second-order valence-electron chi connectivity index (χ2n) is 5.00. The first-order valence-corrected chi connectivity index (χ1v) is 6.29. The summed E-state index contributed by atoms with van der Waals surface area (Å²) < 4.78 is 0. The first kappa shape index (κ1) is 12.7. The van der Waals surface area contributed by atoms with Gasteiger partial charge in [-0.05, 0) is 29.7 Å². The summed E-state index contributed by atoms with van der Waals surface area (Å²) in [5.74, 6) is 0.336. The van der Waals surface area contributed by atoms with Gasteiger partial charge in [0.05, 0.1) is 14.1 Å². The third-order valence-electron chi connectivity index (χ3n) is 2.97. The molecule has 2 N–H and O–H groups in total. The number of nitrogens with one attached hydrogen (secondary N) is 1. The summed E-state index contributed by atoms with van der Waals surface area (Å²) in [5.41, 5.74) is 3.86. The minimum absolute atomic E-state index is 0.336. The van der Waals surface area contributed by atoms with E-state index in [-0.39, 0.29) is 0 Å². The Balaban J connectivity index is 2.23. The first-order chi connectivity index (χ1) is 8.65. The predicted molar refractivity (Wildman–Crippen MR) is 73.9 cm³/mol. The van der Waals surface area contributed by atoms with E-state index in [1.165, 1.54) is 16.0 Å². The van der Waals surface area contributed by atoms with Crippen molar-refractivity contribution in [1.29, 1.82) is 0 Å². The number of hydrogen-bond acceptors (Lipinski definition) is 1. The molecule has 94 valence electrons. The molecule has 0 aromatic heterocycles. The summed E-state index contributed by atoms with van der Waals surface area (Å²) >= 11 is 0. The molecule has 18 heavy (non-hydrogen) atoms. The number of benzene rings is 2. The van der Waals surface area contributed by atoms with Crippen LogP contribution in [-0.4, -0.2) is 19.2 Å². The molecule has 0 aliphatic rings. The zero-order chi connectivity index (χ0) is 13.0. The van der Waals surface area contributed by atoms with Crippen molar-refractivity contribution in [2.24, 2.45) is 0 Å². The summed E-state index contributed by atoms with van der Waals surface area (Å²) in [6, 6.07) is 16.0. The Morgan fingerprint density at radius 2 is 1.67 bits per heavy atom. The molecule has 2 aromatic rings. The molecule has 0 saturated carbocycles. The highest BCUT2D eigenvalue weighted by molar-refractivity contribution is 5.35.